The fourth-order valence-corrected chi connectivity index (χ4v) is 4.01. The number of nitrogens with zero attached hydrogens (tertiary/aromatic N) is 1. The lowest BCUT2D eigenvalue weighted by Gasteiger charge is -2.43. The van der Waals surface area contributed by atoms with E-state index in [1.807, 2.05) is 0 Å². The quantitative estimate of drug-likeness (QED) is 0.829. The van der Waals surface area contributed by atoms with E-state index >= 15 is 0 Å². The third-order valence-electron chi connectivity index (χ3n) is 5.69. The van der Waals surface area contributed by atoms with Crippen molar-refractivity contribution in [2.24, 2.45) is 0 Å². The van der Waals surface area contributed by atoms with Gasteiger partial charge in [0.2, 0.25) is 0 Å². The Morgan fingerprint density at radius 3 is 2.60 bits per heavy atom. The predicted octanol–water partition coefficient (Wildman–Crippen LogP) is 3.68. The molecule has 6 nitrogen and oxygen atoms in total. The smallest absolute Gasteiger partial charge is 0.317 e. The van der Waals surface area contributed by atoms with Crippen molar-refractivity contribution < 1.29 is 27.8 Å². The van der Waals surface area contributed by atoms with Gasteiger partial charge in [-0.1, -0.05) is 6.07 Å². The molecule has 1 spiro atoms. The first-order chi connectivity index (χ1) is 14.4. The van der Waals surface area contributed by atoms with Crippen molar-refractivity contribution in [3.8, 4) is 11.5 Å². The summed E-state index contributed by atoms with van der Waals surface area (Å²) in [6, 6.07) is 7.87. The van der Waals surface area contributed by atoms with Crippen molar-refractivity contribution in [3.05, 3.63) is 59.2 Å². The Labute approximate surface area is 172 Å². The van der Waals surface area contributed by atoms with E-state index in [1.165, 1.54) is 37.4 Å². The molecule has 2 aliphatic rings. The van der Waals surface area contributed by atoms with Crippen LogP contribution in [-0.4, -0.2) is 42.5 Å². The van der Waals surface area contributed by atoms with E-state index in [0.29, 0.717) is 43.0 Å². The van der Waals surface area contributed by atoms with Gasteiger partial charge in [0.25, 0.3) is 0 Å². The molecule has 8 heteroatoms. The van der Waals surface area contributed by atoms with Crippen LogP contribution in [0.25, 0.3) is 0 Å². The molecule has 0 saturated carbocycles. The molecule has 0 aromatic heterocycles. The number of carbonyl (C=O) groups is 2. The molecule has 0 aliphatic carbocycles. The molecular weight excluding hydrogens is 394 g/mol. The number of piperidine rings is 1. The summed E-state index contributed by atoms with van der Waals surface area (Å²) >= 11 is 0. The van der Waals surface area contributed by atoms with E-state index in [2.05, 4.69) is 5.32 Å². The number of hydrogen-bond acceptors (Lipinski definition) is 4. The number of nitrogens with one attached hydrogen (secondary N) is 1. The lowest BCUT2D eigenvalue weighted by atomic mass is 9.82. The topological polar surface area (TPSA) is 67.9 Å². The van der Waals surface area contributed by atoms with Crippen LogP contribution < -0.4 is 14.8 Å². The Morgan fingerprint density at radius 1 is 1.17 bits per heavy atom. The van der Waals surface area contributed by atoms with E-state index < -0.39 is 17.2 Å². The minimum absolute atomic E-state index is 0.142. The number of halogens is 2. The van der Waals surface area contributed by atoms with Crippen molar-refractivity contribution in [3.63, 3.8) is 0 Å². The maximum absolute atomic E-state index is 13.4. The summed E-state index contributed by atoms with van der Waals surface area (Å²) in [5.41, 5.74) is 0.276. The number of likely N-dealkylation sites (tertiary alicyclic amines) is 1. The third kappa shape index (κ3) is 3.94. The van der Waals surface area contributed by atoms with Gasteiger partial charge in [0.1, 0.15) is 28.7 Å². The van der Waals surface area contributed by atoms with Crippen LogP contribution in [0.15, 0.2) is 36.4 Å². The summed E-state index contributed by atoms with van der Waals surface area (Å²) in [7, 11) is 1.45. The minimum atomic E-state index is -0.668. The van der Waals surface area contributed by atoms with Crippen LogP contribution in [0.3, 0.4) is 0 Å². The van der Waals surface area contributed by atoms with Crippen LogP contribution in [0.1, 0.15) is 35.2 Å². The van der Waals surface area contributed by atoms with Crippen molar-refractivity contribution in [1.29, 1.82) is 0 Å². The Hall–Kier alpha value is -3.16. The zero-order valence-electron chi connectivity index (χ0n) is 16.5. The van der Waals surface area contributed by atoms with Gasteiger partial charge in [-0.25, -0.2) is 13.6 Å². The number of ether oxygens (including phenoxy) is 2. The van der Waals surface area contributed by atoms with Gasteiger partial charge in [0.05, 0.1) is 19.1 Å². The monoisotopic (exact) mass is 416 g/mol. The molecule has 0 radical (unpaired) electrons. The molecular formula is C22H22F2N2O4. The number of fused-ring (bicyclic) bond motifs is 1. The predicted molar refractivity (Wildman–Crippen MR) is 105 cm³/mol. The van der Waals surface area contributed by atoms with Gasteiger partial charge in [-0.3, -0.25) is 4.79 Å². The molecule has 4 rings (SSSR count). The number of hydrogen-bond donors (Lipinski definition) is 1. The summed E-state index contributed by atoms with van der Waals surface area (Å²) < 4.78 is 38.0. The fraction of sp³-hybridized carbons (Fsp3) is 0.364. The largest absolute Gasteiger partial charge is 0.496 e. The van der Waals surface area contributed by atoms with Gasteiger partial charge < -0.3 is 19.7 Å². The molecule has 0 atom stereocenters. The fourth-order valence-electron chi connectivity index (χ4n) is 4.01. The summed E-state index contributed by atoms with van der Waals surface area (Å²) in [6.45, 7) is 1.06. The first-order valence-corrected chi connectivity index (χ1v) is 9.76. The first-order valence-electron chi connectivity index (χ1n) is 9.76. The second kappa shape index (κ2) is 7.93. The van der Waals surface area contributed by atoms with Crippen LogP contribution in [0.5, 0.6) is 11.5 Å². The molecule has 1 saturated heterocycles. The third-order valence-corrected chi connectivity index (χ3v) is 5.69. The van der Waals surface area contributed by atoms with Gasteiger partial charge in [-0.05, 0) is 24.3 Å². The highest BCUT2D eigenvalue weighted by Gasteiger charge is 2.43. The number of rotatable bonds is 3. The Morgan fingerprint density at radius 2 is 1.87 bits per heavy atom. The van der Waals surface area contributed by atoms with Crippen molar-refractivity contribution >= 4 is 11.8 Å². The minimum Gasteiger partial charge on any atom is -0.496 e. The lowest BCUT2D eigenvalue weighted by molar-refractivity contribution is -0.000806. The molecule has 1 N–H and O–H groups in total. The lowest BCUT2D eigenvalue weighted by Crippen LogP contribution is -2.54. The summed E-state index contributed by atoms with van der Waals surface area (Å²) in [6.07, 6.45) is 1.18. The molecule has 2 amide bonds. The maximum atomic E-state index is 13.4. The average molecular weight is 416 g/mol. The summed E-state index contributed by atoms with van der Waals surface area (Å²) in [5.74, 6) is -0.247. The first kappa shape index (κ1) is 20.1. The van der Waals surface area contributed by atoms with Gasteiger partial charge >= 0.3 is 6.03 Å². The average Bonchev–Trinajstić information content (AvgIpc) is 2.73. The zero-order chi connectivity index (χ0) is 21.3. The number of carbonyl (C=O) groups excluding carboxylic acids is 2. The highest BCUT2D eigenvalue weighted by molar-refractivity contribution is 6.00. The number of methoxy groups -OCH3 is 1. The second-order valence-corrected chi connectivity index (χ2v) is 7.63. The maximum Gasteiger partial charge on any atom is 0.317 e. The van der Waals surface area contributed by atoms with Crippen molar-refractivity contribution in [1.82, 2.24) is 10.2 Å². The Bertz CT molecular complexity index is 987. The molecule has 158 valence electrons. The molecule has 1 fully saturated rings. The number of urea groups is 1. The van der Waals surface area contributed by atoms with Crippen LogP contribution in [0.2, 0.25) is 0 Å². The van der Waals surface area contributed by atoms with Gasteiger partial charge in [-0.2, -0.15) is 0 Å². The second-order valence-electron chi connectivity index (χ2n) is 7.63. The summed E-state index contributed by atoms with van der Waals surface area (Å²) in [4.78, 5) is 26.7. The molecule has 2 aromatic rings. The Kier molecular flexibility index (Phi) is 5.32. The molecule has 2 aromatic carbocycles. The van der Waals surface area contributed by atoms with Crippen molar-refractivity contribution in [2.45, 2.75) is 31.4 Å². The normalized spacial score (nSPS) is 17.3. The highest BCUT2D eigenvalue weighted by Crippen LogP contribution is 2.39. The molecule has 0 unspecified atom stereocenters. The van der Waals surface area contributed by atoms with Gasteiger partial charge in [0, 0.05) is 44.1 Å². The van der Waals surface area contributed by atoms with E-state index in [0.717, 1.165) is 0 Å². The number of Topliss-reactive ketones (excluding diaryl/α,β-unsaturated/α-hetero) is 1. The van der Waals surface area contributed by atoms with E-state index in [1.54, 1.807) is 11.0 Å². The van der Waals surface area contributed by atoms with Gasteiger partial charge in [0.15, 0.2) is 5.78 Å². The molecule has 0 bridgehead atoms. The standard InChI is InChI=1S/C22H22F2N2O4/c1-29-20-11-16(24)3-2-14(20)13-25-21(28)26-8-6-22(7-9-26)12-18(27)17-10-15(23)4-5-19(17)30-22/h2-5,10-11H,6-9,12-13H2,1H3,(H,25,28). The van der Waals surface area contributed by atoms with Crippen LogP contribution >= 0.6 is 0 Å². The SMILES string of the molecule is COc1cc(F)ccc1CNC(=O)N1CCC2(CC1)CC(=O)c1cc(F)ccc1O2. The number of benzene rings is 2. The molecule has 2 aliphatic heterocycles. The number of amides is 2. The van der Waals surface area contributed by atoms with E-state index in [-0.39, 0.29) is 30.3 Å². The van der Waals surface area contributed by atoms with Crippen LogP contribution in [0.4, 0.5) is 13.6 Å². The van der Waals surface area contributed by atoms with Crippen LogP contribution in [0, 0.1) is 11.6 Å². The van der Waals surface area contributed by atoms with Gasteiger partial charge in [-0.15, -0.1) is 0 Å². The molecule has 30 heavy (non-hydrogen) atoms. The highest BCUT2D eigenvalue weighted by atomic mass is 19.1. The van der Waals surface area contributed by atoms with E-state index in [4.69, 9.17) is 9.47 Å². The van der Waals surface area contributed by atoms with E-state index in [9.17, 15) is 18.4 Å². The Balaban J connectivity index is 1.36. The van der Waals surface area contributed by atoms with Crippen molar-refractivity contribution in [2.75, 3.05) is 20.2 Å². The molecule has 2 heterocycles. The summed E-state index contributed by atoms with van der Waals surface area (Å²) in [5, 5.41) is 2.82. The number of ketones is 1. The van der Waals surface area contributed by atoms with Crippen LogP contribution in [-0.2, 0) is 6.54 Å². The zero-order valence-corrected chi connectivity index (χ0v) is 16.5.